The third-order valence-electron chi connectivity index (χ3n) is 2.24. The predicted octanol–water partition coefficient (Wildman–Crippen LogP) is 2.15. The average molecular weight is 384 g/mol. The summed E-state index contributed by atoms with van der Waals surface area (Å²) in [5, 5.41) is 0. The van der Waals surface area contributed by atoms with Gasteiger partial charge in [-0.2, -0.15) is 0 Å². The Morgan fingerprint density at radius 2 is 1.19 bits per heavy atom. The zero-order valence-electron chi connectivity index (χ0n) is 12.8. The number of Topliss-reactive ketones (excluding diaryl/α,β-unsaturated/α-hetero) is 1. The summed E-state index contributed by atoms with van der Waals surface area (Å²) in [6, 6.07) is 0. The smallest absolute Gasteiger partial charge is 0.320 e. The summed E-state index contributed by atoms with van der Waals surface area (Å²) in [6.07, 6.45) is -1.47. The minimum atomic E-state index is -0.915. The fraction of sp³-hybridized carbons (Fsp3) is 0.765. The highest BCUT2D eigenvalue weighted by atomic mass is 16.7. The fourth-order valence-corrected chi connectivity index (χ4v) is 1.19. The van der Waals surface area contributed by atoms with Crippen LogP contribution in [-0.2, 0) is 42.9 Å². The molecule has 0 aliphatic heterocycles. The van der Waals surface area contributed by atoms with E-state index in [1.165, 1.54) is 21.1 Å². The Labute approximate surface area is 157 Å². The number of carbonyl (C=O) groups is 4. The van der Waals surface area contributed by atoms with Gasteiger partial charge in [-0.1, -0.05) is 29.7 Å². The summed E-state index contributed by atoms with van der Waals surface area (Å²) in [5.41, 5.74) is 0. The molecule has 0 aromatic carbocycles. The van der Waals surface area contributed by atoms with Crippen LogP contribution in [0.25, 0.3) is 0 Å². The number of rotatable bonds is 11. The van der Waals surface area contributed by atoms with Crippen molar-refractivity contribution in [2.75, 3.05) is 34.2 Å². The maximum absolute atomic E-state index is 11.3. The molecule has 0 aromatic rings. The topological polar surface area (TPSA) is 114 Å². The van der Waals surface area contributed by atoms with Crippen LogP contribution < -0.4 is 0 Å². The van der Waals surface area contributed by atoms with Gasteiger partial charge in [0, 0.05) is 14.2 Å². The Morgan fingerprint density at radius 3 is 1.62 bits per heavy atom. The van der Waals surface area contributed by atoms with Gasteiger partial charge in [0.05, 0.1) is 6.61 Å². The fourth-order valence-electron chi connectivity index (χ4n) is 1.19. The molecule has 26 heavy (non-hydrogen) atoms. The van der Waals surface area contributed by atoms with Gasteiger partial charge in [-0.3, -0.25) is 19.2 Å². The molecule has 0 aliphatic rings. The number of hydrogen-bond acceptors (Lipinski definition) is 9. The van der Waals surface area contributed by atoms with Crippen LogP contribution in [-0.4, -0.2) is 64.0 Å². The van der Waals surface area contributed by atoms with Crippen molar-refractivity contribution in [1.29, 1.82) is 0 Å². The molecule has 0 amide bonds. The highest BCUT2D eigenvalue weighted by Crippen LogP contribution is 1.97. The standard InChI is InChI=1S/C13H20O9.4CH4/c1-9(14)4-11(15)21-8-22-13(17)5-12(16)20-7-10(19-3)6-18-2;;;;/h10H,4-8H2,1-3H3;4*1H4. The molecule has 0 saturated carbocycles. The minimum Gasteiger partial charge on any atom is -0.462 e. The van der Waals surface area contributed by atoms with Gasteiger partial charge in [0.25, 0.3) is 0 Å². The third-order valence-corrected chi connectivity index (χ3v) is 2.24. The van der Waals surface area contributed by atoms with Crippen molar-refractivity contribution in [3.05, 3.63) is 0 Å². The molecule has 1 unspecified atom stereocenters. The highest BCUT2D eigenvalue weighted by Gasteiger charge is 2.16. The molecule has 1 atom stereocenters. The Morgan fingerprint density at radius 1 is 0.731 bits per heavy atom. The van der Waals surface area contributed by atoms with Crippen LogP contribution in [0.15, 0.2) is 0 Å². The van der Waals surface area contributed by atoms with Gasteiger partial charge >= 0.3 is 17.9 Å². The molecule has 0 spiro atoms. The monoisotopic (exact) mass is 384 g/mol. The van der Waals surface area contributed by atoms with Crippen LogP contribution in [0, 0.1) is 0 Å². The molecule has 0 fully saturated rings. The van der Waals surface area contributed by atoms with Crippen LogP contribution in [0.5, 0.6) is 0 Å². The SMILES string of the molecule is C.C.C.C.COCC(COC(=O)CC(=O)OCOC(=O)CC(C)=O)OC. The number of hydrogen-bond donors (Lipinski definition) is 0. The van der Waals surface area contributed by atoms with E-state index in [0.717, 1.165) is 0 Å². The van der Waals surface area contributed by atoms with Gasteiger partial charge in [-0.25, -0.2) is 0 Å². The second-order valence-electron chi connectivity index (χ2n) is 4.20. The first kappa shape index (κ1) is 35.2. The van der Waals surface area contributed by atoms with Gasteiger partial charge in [-0.05, 0) is 6.92 Å². The second-order valence-corrected chi connectivity index (χ2v) is 4.20. The normalized spacial score (nSPS) is 9.65. The van der Waals surface area contributed by atoms with Crippen molar-refractivity contribution in [2.45, 2.75) is 55.6 Å². The highest BCUT2D eigenvalue weighted by molar-refractivity contribution is 5.94. The Hall–Kier alpha value is -2.00. The molecule has 9 heteroatoms. The number of methoxy groups -OCH3 is 2. The van der Waals surface area contributed by atoms with E-state index >= 15 is 0 Å². The quantitative estimate of drug-likeness (QED) is 0.300. The molecule has 9 nitrogen and oxygen atoms in total. The Balaban J connectivity index is -0.000000367. The molecule has 0 aromatic heterocycles. The first-order valence-electron chi connectivity index (χ1n) is 6.37. The Kier molecular flexibility index (Phi) is 28.5. The lowest BCUT2D eigenvalue weighted by Gasteiger charge is -2.14. The Bertz CT molecular complexity index is 394. The molecular weight excluding hydrogens is 348 g/mol. The van der Waals surface area contributed by atoms with E-state index in [4.69, 9.17) is 14.2 Å². The lowest BCUT2D eigenvalue weighted by atomic mass is 10.3. The van der Waals surface area contributed by atoms with Crippen LogP contribution in [0.1, 0.15) is 49.5 Å². The summed E-state index contributed by atoms with van der Waals surface area (Å²) in [7, 11) is 2.90. The van der Waals surface area contributed by atoms with Crippen molar-refractivity contribution in [1.82, 2.24) is 0 Å². The number of carbonyl (C=O) groups excluding carboxylic acids is 4. The number of ether oxygens (including phenoxy) is 5. The van der Waals surface area contributed by atoms with Gasteiger partial charge < -0.3 is 23.7 Å². The molecule has 0 bridgehead atoms. The second kappa shape index (κ2) is 21.0. The van der Waals surface area contributed by atoms with Crippen molar-refractivity contribution >= 4 is 23.7 Å². The lowest BCUT2D eigenvalue weighted by Crippen LogP contribution is -2.26. The first-order chi connectivity index (χ1) is 10.4. The molecule has 0 saturated heterocycles. The maximum Gasteiger partial charge on any atom is 0.320 e. The summed E-state index contributed by atoms with van der Waals surface area (Å²) in [6.45, 7) is 0.729. The molecule has 0 N–H and O–H groups in total. The zero-order chi connectivity index (χ0) is 17.0. The summed E-state index contributed by atoms with van der Waals surface area (Å²) < 4.78 is 23.6. The summed E-state index contributed by atoms with van der Waals surface area (Å²) in [4.78, 5) is 44.2. The van der Waals surface area contributed by atoms with E-state index in [1.54, 1.807) is 0 Å². The lowest BCUT2D eigenvalue weighted by molar-refractivity contribution is -0.169. The van der Waals surface area contributed by atoms with Gasteiger partial charge in [0.1, 0.15) is 31.3 Å². The van der Waals surface area contributed by atoms with Crippen molar-refractivity contribution in [3.8, 4) is 0 Å². The van der Waals surface area contributed by atoms with Crippen molar-refractivity contribution in [2.24, 2.45) is 0 Å². The van der Waals surface area contributed by atoms with Crippen LogP contribution >= 0.6 is 0 Å². The van der Waals surface area contributed by atoms with Crippen molar-refractivity contribution < 1.29 is 42.9 Å². The van der Waals surface area contributed by atoms with Crippen LogP contribution in [0.2, 0.25) is 0 Å². The minimum absolute atomic E-state index is 0. The largest absolute Gasteiger partial charge is 0.462 e. The third kappa shape index (κ3) is 20.0. The van der Waals surface area contributed by atoms with E-state index in [0.29, 0.717) is 0 Å². The summed E-state index contributed by atoms with van der Waals surface area (Å²) in [5.74, 6) is -2.91. The number of ketones is 1. The van der Waals surface area contributed by atoms with Gasteiger partial charge in [0.15, 0.2) is 0 Å². The van der Waals surface area contributed by atoms with E-state index in [1.807, 2.05) is 0 Å². The van der Waals surface area contributed by atoms with E-state index in [9.17, 15) is 19.2 Å². The summed E-state index contributed by atoms with van der Waals surface area (Å²) >= 11 is 0. The van der Waals surface area contributed by atoms with Crippen LogP contribution in [0.3, 0.4) is 0 Å². The molecule has 0 aliphatic carbocycles. The van der Waals surface area contributed by atoms with E-state index in [-0.39, 0.29) is 48.7 Å². The molecule has 0 radical (unpaired) electrons. The molecule has 158 valence electrons. The van der Waals surface area contributed by atoms with Crippen molar-refractivity contribution in [3.63, 3.8) is 0 Å². The van der Waals surface area contributed by atoms with Gasteiger partial charge in [-0.15, -0.1) is 0 Å². The maximum atomic E-state index is 11.3. The molecule has 0 rings (SSSR count). The van der Waals surface area contributed by atoms with E-state index < -0.39 is 43.6 Å². The molecule has 0 heterocycles. The molecular formula is C17H36O9. The average Bonchev–Trinajstić information content (AvgIpc) is 2.42. The van der Waals surface area contributed by atoms with E-state index in [2.05, 4.69) is 9.47 Å². The van der Waals surface area contributed by atoms with Crippen LogP contribution in [0.4, 0.5) is 0 Å². The van der Waals surface area contributed by atoms with Gasteiger partial charge in [0.2, 0.25) is 6.79 Å². The zero-order valence-corrected chi connectivity index (χ0v) is 12.8. The number of esters is 3. The predicted molar refractivity (Wildman–Crippen MR) is 97.5 cm³/mol. The first-order valence-corrected chi connectivity index (χ1v) is 6.37.